The Hall–Kier alpha value is -1.73. The molecule has 2 aromatic heterocycles. The van der Waals surface area contributed by atoms with E-state index in [2.05, 4.69) is 22.4 Å². The van der Waals surface area contributed by atoms with Gasteiger partial charge in [-0.1, -0.05) is 0 Å². The number of carbonyl (C=O) groups excluding carboxylic acids is 1. The lowest BCUT2D eigenvalue weighted by Gasteiger charge is -2.28. The molecule has 2 aliphatic rings. The first kappa shape index (κ1) is 17.7. The van der Waals surface area contributed by atoms with Crippen LogP contribution in [0.4, 0.5) is 0 Å². The van der Waals surface area contributed by atoms with E-state index in [0.717, 1.165) is 47.9 Å². The maximum Gasteiger partial charge on any atom is 0.263 e. The number of hydrogen-bond acceptors (Lipinski definition) is 5. The largest absolute Gasteiger partial charge is 0.344 e. The van der Waals surface area contributed by atoms with Crippen LogP contribution in [0.1, 0.15) is 69.3 Å². The van der Waals surface area contributed by atoms with E-state index in [1.165, 1.54) is 24.1 Å². The molecular weight excluding hydrogens is 346 g/mol. The summed E-state index contributed by atoms with van der Waals surface area (Å²) in [6.07, 6.45) is 7.37. The molecule has 0 saturated carbocycles. The number of rotatable bonds is 3. The summed E-state index contributed by atoms with van der Waals surface area (Å²) in [6.45, 7) is 4.15. The average Bonchev–Trinajstić information content (AvgIpc) is 3.19. The van der Waals surface area contributed by atoms with E-state index in [1.807, 2.05) is 24.9 Å². The second-order valence-electron chi connectivity index (χ2n) is 7.66. The Morgan fingerprint density at radius 2 is 2.15 bits per heavy atom. The summed E-state index contributed by atoms with van der Waals surface area (Å²) in [5.41, 5.74) is 3.27. The van der Waals surface area contributed by atoms with Crippen molar-refractivity contribution < 1.29 is 4.79 Å². The average molecular weight is 374 g/mol. The highest BCUT2D eigenvalue weighted by Gasteiger charge is 2.28. The van der Waals surface area contributed by atoms with Crippen LogP contribution in [0.5, 0.6) is 0 Å². The Bertz CT molecular complexity index is 811. The van der Waals surface area contributed by atoms with E-state index < -0.39 is 0 Å². The summed E-state index contributed by atoms with van der Waals surface area (Å²) in [7, 11) is 4.14. The second kappa shape index (κ2) is 7.12. The SMILES string of the molecule is Cc1nc(C2CCCN(C)C2)sc1C(=O)NC1CCCc2c1cnn2C. The summed E-state index contributed by atoms with van der Waals surface area (Å²) in [4.78, 5) is 20.8. The summed E-state index contributed by atoms with van der Waals surface area (Å²) in [5.74, 6) is 0.468. The summed E-state index contributed by atoms with van der Waals surface area (Å²) in [5, 5.41) is 8.72. The molecule has 7 heteroatoms. The number of likely N-dealkylation sites (tertiary alicyclic amines) is 1. The van der Waals surface area contributed by atoms with Crippen molar-refractivity contribution in [1.82, 2.24) is 25.0 Å². The second-order valence-corrected chi connectivity index (χ2v) is 8.69. The van der Waals surface area contributed by atoms with Crippen molar-refractivity contribution in [3.8, 4) is 0 Å². The molecule has 0 aromatic carbocycles. The summed E-state index contributed by atoms with van der Waals surface area (Å²) in [6, 6.07) is 0.0608. The third-order valence-electron chi connectivity index (χ3n) is 5.67. The van der Waals surface area contributed by atoms with E-state index in [0.29, 0.717) is 5.92 Å². The highest BCUT2D eigenvalue weighted by molar-refractivity contribution is 7.13. The van der Waals surface area contributed by atoms with Gasteiger partial charge in [0.15, 0.2) is 0 Å². The molecule has 0 bridgehead atoms. The predicted octanol–water partition coefficient (Wildman–Crippen LogP) is 2.80. The van der Waals surface area contributed by atoms with Crippen LogP contribution in [-0.4, -0.2) is 45.7 Å². The molecule has 1 aliphatic heterocycles. The topological polar surface area (TPSA) is 63.1 Å². The molecule has 2 aromatic rings. The quantitative estimate of drug-likeness (QED) is 0.899. The molecule has 3 heterocycles. The van der Waals surface area contributed by atoms with Crippen molar-refractivity contribution >= 4 is 17.2 Å². The van der Waals surface area contributed by atoms with Crippen LogP contribution < -0.4 is 5.32 Å². The van der Waals surface area contributed by atoms with E-state index in [9.17, 15) is 4.79 Å². The molecule has 1 amide bonds. The lowest BCUT2D eigenvalue weighted by Crippen LogP contribution is -2.31. The van der Waals surface area contributed by atoms with Crippen molar-refractivity contribution in [2.75, 3.05) is 20.1 Å². The van der Waals surface area contributed by atoms with Crippen LogP contribution in [0.3, 0.4) is 0 Å². The Kier molecular flexibility index (Phi) is 4.84. The first-order valence-electron chi connectivity index (χ1n) is 9.50. The van der Waals surface area contributed by atoms with E-state index >= 15 is 0 Å². The van der Waals surface area contributed by atoms with Crippen LogP contribution in [0.25, 0.3) is 0 Å². The van der Waals surface area contributed by atoms with Gasteiger partial charge in [-0.15, -0.1) is 11.3 Å². The zero-order valence-electron chi connectivity index (χ0n) is 15.8. The Morgan fingerprint density at radius 1 is 1.31 bits per heavy atom. The first-order chi connectivity index (χ1) is 12.5. The monoisotopic (exact) mass is 373 g/mol. The van der Waals surface area contributed by atoms with Gasteiger partial charge in [0.25, 0.3) is 5.91 Å². The molecule has 0 radical (unpaired) electrons. The predicted molar refractivity (Wildman–Crippen MR) is 103 cm³/mol. The Morgan fingerprint density at radius 3 is 2.96 bits per heavy atom. The maximum atomic E-state index is 12.9. The fraction of sp³-hybridized carbons (Fsp3) is 0.632. The molecule has 1 aliphatic carbocycles. The van der Waals surface area contributed by atoms with E-state index in [4.69, 9.17) is 4.98 Å². The number of thiazole rings is 1. The van der Waals surface area contributed by atoms with Crippen molar-refractivity contribution in [2.45, 2.75) is 51.0 Å². The van der Waals surface area contributed by atoms with Gasteiger partial charge in [-0.2, -0.15) is 5.10 Å². The maximum absolute atomic E-state index is 12.9. The number of aromatic nitrogens is 3. The summed E-state index contributed by atoms with van der Waals surface area (Å²) >= 11 is 1.58. The molecule has 26 heavy (non-hydrogen) atoms. The van der Waals surface area contributed by atoms with Gasteiger partial charge < -0.3 is 10.2 Å². The van der Waals surface area contributed by atoms with Crippen LogP contribution >= 0.6 is 11.3 Å². The lowest BCUT2D eigenvalue weighted by atomic mass is 9.93. The number of hydrogen-bond donors (Lipinski definition) is 1. The fourth-order valence-electron chi connectivity index (χ4n) is 4.25. The van der Waals surface area contributed by atoms with Gasteiger partial charge in [0.1, 0.15) is 4.88 Å². The molecule has 1 fully saturated rings. The van der Waals surface area contributed by atoms with E-state index in [-0.39, 0.29) is 11.9 Å². The summed E-state index contributed by atoms with van der Waals surface area (Å²) < 4.78 is 1.93. The molecule has 4 rings (SSSR count). The Balaban J connectivity index is 1.51. The van der Waals surface area contributed by atoms with Crippen molar-refractivity contribution in [1.29, 1.82) is 0 Å². The molecular formula is C19H27N5OS. The minimum atomic E-state index is 0.0112. The van der Waals surface area contributed by atoms with Gasteiger partial charge in [-0.3, -0.25) is 9.48 Å². The molecule has 2 atom stereocenters. The smallest absolute Gasteiger partial charge is 0.263 e. The number of nitrogens with one attached hydrogen (secondary N) is 1. The van der Waals surface area contributed by atoms with Gasteiger partial charge in [0.2, 0.25) is 0 Å². The van der Waals surface area contributed by atoms with Gasteiger partial charge in [0.05, 0.1) is 22.9 Å². The molecule has 1 saturated heterocycles. The highest BCUT2D eigenvalue weighted by atomic mass is 32.1. The van der Waals surface area contributed by atoms with E-state index in [1.54, 1.807) is 11.3 Å². The van der Waals surface area contributed by atoms with Crippen LogP contribution in [0, 0.1) is 6.92 Å². The zero-order chi connectivity index (χ0) is 18.3. The number of amides is 1. The number of carbonyl (C=O) groups is 1. The van der Waals surface area contributed by atoms with Gasteiger partial charge in [-0.25, -0.2) is 4.98 Å². The van der Waals surface area contributed by atoms with Gasteiger partial charge in [0, 0.05) is 30.8 Å². The molecule has 6 nitrogen and oxygen atoms in total. The van der Waals surface area contributed by atoms with Crippen LogP contribution in [-0.2, 0) is 13.5 Å². The Labute approximate surface area is 158 Å². The van der Waals surface area contributed by atoms with Crippen LogP contribution in [0.2, 0.25) is 0 Å². The molecule has 140 valence electrons. The van der Waals surface area contributed by atoms with Crippen LogP contribution in [0.15, 0.2) is 6.20 Å². The standard InChI is InChI=1S/C19H27N5OS/c1-12-17(26-19(21-12)13-6-5-9-23(2)11-13)18(25)22-15-7-4-8-16-14(15)10-20-24(16)3/h10,13,15H,4-9,11H2,1-3H3,(H,22,25). The zero-order valence-corrected chi connectivity index (χ0v) is 16.6. The number of likely N-dealkylation sites (N-methyl/N-ethyl adjacent to an activating group) is 1. The molecule has 0 spiro atoms. The van der Waals surface area contributed by atoms with Crippen molar-refractivity contribution in [2.24, 2.45) is 7.05 Å². The third kappa shape index (κ3) is 3.30. The normalized spacial score (nSPS) is 23.7. The number of fused-ring (bicyclic) bond motifs is 1. The first-order valence-corrected chi connectivity index (χ1v) is 10.3. The fourth-order valence-corrected chi connectivity index (χ4v) is 5.35. The lowest BCUT2D eigenvalue weighted by molar-refractivity contribution is 0.0936. The van der Waals surface area contributed by atoms with Gasteiger partial charge in [-0.05, 0) is 52.6 Å². The third-order valence-corrected chi connectivity index (χ3v) is 6.99. The minimum Gasteiger partial charge on any atom is -0.344 e. The molecule has 2 unspecified atom stereocenters. The molecule has 1 N–H and O–H groups in total. The minimum absolute atomic E-state index is 0.0112. The number of nitrogens with zero attached hydrogens (tertiary/aromatic N) is 4. The van der Waals surface area contributed by atoms with Crippen molar-refractivity contribution in [3.63, 3.8) is 0 Å². The highest BCUT2D eigenvalue weighted by Crippen LogP contribution is 2.33. The van der Waals surface area contributed by atoms with Gasteiger partial charge >= 0.3 is 0 Å². The van der Waals surface area contributed by atoms with Crippen molar-refractivity contribution in [3.05, 3.63) is 33.0 Å². The number of piperidine rings is 1. The number of aryl methyl sites for hydroxylation is 2.